The summed E-state index contributed by atoms with van der Waals surface area (Å²) in [7, 11) is 0. The molecule has 1 aromatic carbocycles. The predicted molar refractivity (Wildman–Crippen MR) is 125 cm³/mol. The number of likely N-dealkylation sites (tertiary alicyclic amines) is 2. The monoisotopic (exact) mass is 535 g/mol. The molecule has 1 aromatic heterocycles. The molecule has 0 N–H and O–H groups in total. The van der Waals surface area contributed by atoms with Crippen LogP contribution in [0.1, 0.15) is 56.3 Å². The first kappa shape index (κ1) is 25.5. The van der Waals surface area contributed by atoms with Crippen molar-refractivity contribution >= 4 is 11.9 Å². The molecule has 1 radical (unpaired) electrons. The van der Waals surface area contributed by atoms with Crippen LogP contribution >= 0.6 is 0 Å². The third-order valence-electron chi connectivity index (χ3n) is 7.47. The van der Waals surface area contributed by atoms with Gasteiger partial charge in [-0.1, -0.05) is 17.2 Å². The van der Waals surface area contributed by atoms with Crippen LogP contribution in [-0.2, 0) is 42.2 Å². The third-order valence-corrected chi connectivity index (χ3v) is 7.47. The van der Waals surface area contributed by atoms with Gasteiger partial charge in [0.2, 0.25) is 0 Å². The average molecular weight is 535 g/mol. The van der Waals surface area contributed by atoms with E-state index in [0.29, 0.717) is 11.6 Å². The molecule has 3 aliphatic heterocycles. The van der Waals surface area contributed by atoms with E-state index in [0.717, 1.165) is 69.4 Å². The summed E-state index contributed by atoms with van der Waals surface area (Å²) >= 11 is 0. The van der Waals surface area contributed by atoms with Crippen LogP contribution < -0.4 is 0 Å². The molecule has 177 valence electrons. The molecule has 1 spiro atoms. The summed E-state index contributed by atoms with van der Waals surface area (Å²) in [5.74, 6) is 0.0428. The van der Waals surface area contributed by atoms with Gasteiger partial charge in [0.15, 0.2) is 5.91 Å². The Kier molecular flexibility index (Phi) is 7.61. The fourth-order valence-corrected chi connectivity index (χ4v) is 5.98. The fraction of sp³-hybridized carbons (Fsp3) is 0.519. The minimum absolute atomic E-state index is 0. The van der Waals surface area contributed by atoms with E-state index in [9.17, 15) is 9.59 Å². The molecule has 0 bridgehead atoms. The van der Waals surface area contributed by atoms with Crippen LogP contribution in [0.15, 0.2) is 42.7 Å². The maximum absolute atomic E-state index is 13.2. The van der Waals surface area contributed by atoms with Crippen LogP contribution in [0.2, 0.25) is 0 Å². The third kappa shape index (κ3) is 5.14. The molecule has 2 aromatic rings. The number of carbonyl (C=O) groups excluding carboxylic acids is 2. The van der Waals surface area contributed by atoms with E-state index < -0.39 is 0 Å². The summed E-state index contributed by atoms with van der Waals surface area (Å²) in [6, 6.07) is 13.0. The van der Waals surface area contributed by atoms with Crippen molar-refractivity contribution in [2.24, 2.45) is 5.41 Å². The maximum Gasteiger partial charge on any atom is 0.314 e. The molecule has 1 amide bonds. The Bertz CT molecular complexity index is 1040. The maximum atomic E-state index is 13.2. The van der Waals surface area contributed by atoms with E-state index in [4.69, 9.17) is 4.74 Å². The summed E-state index contributed by atoms with van der Waals surface area (Å²) in [4.78, 5) is 34.5. The van der Waals surface area contributed by atoms with Crippen molar-refractivity contribution in [3.63, 3.8) is 0 Å². The largest absolute Gasteiger partial charge is 0.459 e. The quantitative estimate of drug-likeness (QED) is 0.440. The molecule has 1 atom stereocenters. The van der Waals surface area contributed by atoms with Crippen LogP contribution in [0, 0.1) is 11.5 Å². The van der Waals surface area contributed by atoms with Gasteiger partial charge in [-0.3, -0.25) is 19.5 Å². The molecule has 7 heteroatoms. The number of amides is 1. The Morgan fingerprint density at radius 3 is 2.65 bits per heavy atom. The summed E-state index contributed by atoms with van der Waals surface area (Å²) in [5, 5.41) is 0. The Labute approximate surface area is 227 Å². The van der Waals surface area contributed by atoms with Gasteiger partial charge in [0, 0.05) is 77.2 Å². The van der Waals surface area contributed by atoms with E-state index >= 15 is 0 Å². The summed E-state index contributed by atoms with van der Waals surface area (Å²) in [6.45, 7) is 7.32. The zero-order valence-corrected chi connectivity index (χ0v) is 23.0. The van der Waals surface area contributed by atoms with Crippen LogP contribution in [0.4, 0.5) is 0 Å². The molecule has 3 saturated heterocycles. The molecule has 0 saturated carbocycles. The van der Waals surface area contributed by atoms with Crippen LogP contribution in [0.3, 0.4) is 0 Å². The molecule has 34 heavy (non-hydrogen) atoms. The molecule has 1 unspecified atom stereocenters. The van der Waals surface area contributed by atoms with Crippen molar-refractivity contribution in [1.82, 2.24) is 14.8 Å². The van der Waals surface area contributed by atoms with Crippen molar-refractivity contribution in [2.45, 2.75) is 57.6 Å². The Balaban J connectivity index is 0.00000274. The molecule has 5 rings (SSSR count). The van der Waals surface area contributed by atoms with Crippen LogP contribution in [0.25, 0.3) is 11.1 Å². The van der Waals surface area contributed by atoms with Crippen molar-refractivity contribution in [3.8, 4) is 11.1 Å². The van der Waals surface area contributed by atoms with Crippen molar-refractivity contribution < 1.29 is 47.0 Å². The number of esters is 1. The molecule has 3 fully saturated rings. The molecule has 3 aliphatic rings. The first-order chi connectivity index (χ1) is 15.9. The van der Waals surface area contributed by atoms with Gasteiger partial charge in [-0.15, -0.1) is 5.56 Å². The van der Waals surface area contributed by atoms with Gasteiger partial charge in [-0.25, -0.2) is 0 Å². The van der Waals surface area contributed by atoms with E-state index in [-0.39, 0.29) is 55.6 Å². The number of pyridine rings is 1. The first-order valence-corrected chi connectivity index (χ1v) is 12.0. The van der Waals surface area contributed by atoms with E-state index in [2.05, 4.69) is 16.0 Å². The number of piperidine rings is 2. The standard InChI is InChI=1S/C27H32N3O3.Y/c1-26(2)18-27(25(32)33-26)11-5-13-30(19-27)23-9-14-29(15-10-23)24(31)21-7-3-6-20(16-21)22-8-4-12-28-17-22;/h4,6-8,12,16-17,23H,5,9-11,13-15,18-19H2,1-2H3;/q-1;. The van der Waals surface area contributed by atoms with Crippen molar-refractivity contribution in [1.29, 1.82) is 0 Å². The molecule has 4 heterocycles. The number of carbonyl (C=O) groups is 2. The number of cyclic esters (lactones) is 1. The van der Waals surface area contributed by atoms with E-state index in [1.807, 2.05) is 43.0 Å². The van der Waals surface area contributed by atoms with Gasteiger partial charge >= 0.3 is 5.97 Å². The minimum Gasteiger partial charge on any atom is -0.459 e. The normalized spacial score (nSPS) is 25.1. The second-order valence-electron chi connectivity index (χ2n) is 10.5. The Hall–Kier alpha value is -1.63. The van der Waals surface area contributed by atoms with Gasteiger partial charge in [0.05, 0.1) is 5.41 Å². The number of hydrogen-bond donors (Lipinski definition) is 0. The zero-order valence-electron chi connectivity index (χ0n) is 20.1. The Morgan fingerprint density at radius 1 is 1.18 bits per heavy atom. The van der Waals surface area contributed by atoms with Gasteiger partial charge in [0.25, 0.3) is 0 Å². The molecule has 6 nitrogen and oxygen atoms in total. The van der Waals surface area contributed by atoms with Crippen LogP contribution in [-0.4, -0.2) is 64.5 Å². The predicted octanol–water partition coefficient (Wildman–Crippen LogP) is 3.96. The molecule has 0 aliphatic carbocycles. The number of nitrogens with zero attached hydrogens (tertiary/aromatic N) is 3. The topological polar surface area (TPSA) is 62.7 Å². The smallest absolute Gasteiger partial charge is 0.314 e. The first-order valence-electron chi connectivity index (χ1n) is 12.0. The van der Waals surface area contributed by atoms with E-state index in [1.54, 1.807) is 18.5 Å². The molecular weight excluding hydrogens is 503 g/mol. The van der Waals surface area contributed by atoms with Gasteiger partial charge in [-0.2, -0.15) is 24.3 Å². The number of aromatic nitrogens is 1. The second-order valence-corrected chi connectivity index (χ2v) is 10.5. The van der Waals surface area contributed by atoms with Crippen molar-refractivity contribution in [3.05, 3.63) is 54.4 Å². The number of benzene rings is 1. The second kappa shape index (κ2) is 10.2. The van der Waals surface area contributed by atoms with Gasteiger partial charge in [-0.05, 0) is 52.1 Å². The zero-order chi connectivity index (χ0) is 23.1. The number of hydrogen-bond acceptors (Lipinski definition) is 5. The molecular formula is C27H32N3O3Y-. The summed E-state index contributed by atoms with van der Waals surface area (Å²) in [5.41, 5.74) is 1.89. The van der Waals surface area contributed by atoms with Crippen LogP contribution in [0.5, 0.6) is 0 Å². The SMILES string of the molecule is CC1(C)CC2(CCCN(C3CCN(C(=O)c4c[c-]cc(-c5cccnc5)c4)CC3)C2)C(=O)O1.[Y]. The van der Waals surface area contributed by atoms with Crippen molar-refractivity contribution in [2.75, 3.05) is 26.2 Å². The van der Waals surface area contributed by atoms with Gasteiger partial charge in [0.1, 0.15) is 5.60 Å². The van der Waals surface area contributed by atoms with E-state index in [1.165, 1.54) is 0 Å². The average Bonchev–Trinajstić information content (AvgIpc) is 3.06. The number of rotatable bonds is 3. The Morgan fingerprint density at radius 2 is 1.97 bits per heavy atom. The number of ether oxygens (including phenoxy) is 1. The van der Waals surface area contributed by atoms with Gasteiger partial charge < -0.3 is 9.64 Å². The summed E-state index contributed by atoms with van der Waals surface area (Å²) < 4.78 is 5.69. The fourth-order valence-electron chi connectivity index (χ4n) is 5.98. The minimum atomic E-state index is -0.364. The summed E-state index contributed by atoms with van der Waals surface area (Å²) in [6.07, 6.45) is 8.17.